The van der Waals surface area contributed by atoms with Gasteiger partial charge in [0.25, 0.3) is 0 Å². The van der Waals surface area contributed by atoms with E-state index in [9.17, 15) is 18.0 Å². The van der Waals surface area contributed by atoms with Gasteiger partial charge in [-0.25, -0.2) is 8.42 Å². The van der Waals surface area contributed by atoms with Crippen LogP contribution < -0.4 is 5.32 Å². The Balaban J connectivity index is 0.000000217. The summed E-state index contributed by atoms with van der Waals surface area (Å²) >= 11 is 0. The van der Waals surface area contributed by atoms with Gasteiger partial charge in [0.1, 0.15) is 9.84 Å². The third-order valence-corrected chi connectivity index (χ3v) is 0.858. The smallest absolute Gasteiger partial charge is 0.227 e. The van der Waals surface area contributed by atoms with Crippen LogP contribution in [-0.4, -0.2) is 32.7 Å². The van der Waals surface area contributed by atoms with Gasteiger partial charge in [-0.15, -0.1) is 0 Å². The number of amides is 2. The van der Waals surface area contributed by atoms with E-state index in [2.05, 4.69) is 5.32 Å². The van der Waals surface area contributed by atoms with Crippen LogP contribution in [0, 0.1) is 0 Å². The molecule has 0 saturated carbocycles. The first kappa shape index (κ1) is 11.1. The number of carbonyl (C=O) groups excluding carboxylic acids is 2. The van der Waals surface area contributed by atoms with E-state index in [-0.39, 0.29) is 11.8 Å². The highest BCUT2D eigenvalue weighted by atomic mass is 32.2. The molecule has 5 nitrogen and oxygen atoms in total. The molecule has 70 valence electrons. The maximum absolute atomic E-state index is 10.1. The first-order valence-electron chi connectivity index (χ1n) is 3.27. The fourth-order valence-corrected chi connectivity index (χ4v) is 0.508. The van der Waals surface area contributed by atoms with Crippen LogP contribution >= 0.6 is 0 Å². The van der Waals surface area contributed by atoms with Crippen molar-refractivity contribution in [3.8, 4) is 0 Å². The van der Waals surface area contributed by atoms with E-state index < -0.39 is 9.84 Å². The highest BCUT2D eigenvalue weighted by Gasteiger charge is 2.15. The molecule has 0 aromatic carbocycles. The zero-order valence-corrected chi connectivity index (χ0v) is 7.77. The second-order valence-electron chi connectivity index (χ2n) is 2.61. The SMILES string of the molecule is CS(C)(=O)=O.O=C1CCC(=O)N1. The summed E-state index contributed by atoms with van der Waals surface area (Å²) < 4.78 is 19.3. The zero-order chi connectivity index (χ0) is 9.78. The fourth-order valence-electron chi connectivity index (χ4n) is 0.508. The summed E-state index contributed by atoms with van der Waals surface area (Å²) in [5, 5.41) is 2.14. The second kappa shape index (κ2) is 4.20. The highest BCUT2D eigenvalue weighted by Crippen LogP contribution is 1.95. The van der Waals surface area contributed by atoms with Gasteiger partial charge in [0.15, 0.2) is 0 Å². The molecule has 6 heteroatoms. The van der Waals surface area contributed by atoms with E-state index in [0.29, 0.717) is 12.8 Å². The first-order valence-corrected chi connectivity index (χ1v) is 5.56. The molecule has 0 aromatic heterocycles. The monoisotopic (exact) mass is 193 g/mol. The summed E-state index contributed by atoms with van der Waals surface area (Å²) in [6.45, 7) is 0. The molecule has 0 unspecified atom stereocenters. The van der Waals surface area contributed by atoms with Gasteiger partial charge in [-0.3, -0.25) is 14.9 Å². The lowest BCUT2D eigenvalue weighted by atomic mass is 10.4. The maximum Gasteiger partial charge on any atom is 0.227 e. The van der Waals surface area contributed by atoms with Crippen molar-refractivity contribution in [3.63, 3.8) is 0 Å². The Hall–Kier alpha value is -0.910. The number of rotatable bonds is 0. The predicted molar refractivity (Wildman–Crippen MR) is 43.2 cm³/mol. The lowest BCUT2D eigenvalue weighted by Gasteiger charge is -1.79. The largest absolute Gasteiger partial charge is 0.296 e. The van der Waals surface area contributed by atoms with Crippen LogP contribution in [0.3, 0.4) is 0 Å². The van der Waals surface area contributed by atoms with Gasteiger partial charge in [0.05, 0.1) is 0 Å². The standard InChI is InChI=1S/C4H5NO2.C2H6O2S/c6-3-1-2-4(7)5-3;1-5(2,3)4/h1-2H2,(H,5,6,7);1-2H3. The molecule has 1 aliphatic heterocycles. The van der Waals surface area contributed by atoms with Crippen LogP contribution in [0.2, 0.25) is 0 Å². The average Bonchev–Trinajstić information content (AvgIpc) is 2.09. The Labute approximate surface area is 71.1 Å². The summed E-state index contributed by atoms with van der Waals surface area (Å²) in [4.78, 5) is 20.2. The van der Waals surface area contributed by atoms with Gasteiger partial charge in [-0.2, -0.15) is 0 Å². The van der Waals surface area contributed by atoms with Crippen LogP contribution in [0.1, 0.15) is 12.8 Å². The highest BCUT2D eigenvalue weighted by molar-refractivity contribution is 7.89. The molecule has 2 amide bonds. The molecule has 0 aliphatic carbocycles. The molecule has 0 radical (unpaired) electrons. The molecule has 0 bridgehead atoms. The van der Waals surface area contributed by atoms with E-state index >= 15 is 0 Å². The van der Waals surface area contributed by atoms with Gasteiger partial charge in [-0.1, -0.05) is 0 Å². The number of hydrogen-bond donors (Lipinski definition) is 1. The number of hydrogen-bond acceptors (Lipinski definition) is 4. The minimum atomic E-state index is -2.67. The Kier molecular flexibility index (Phi) is 3.88. The van der Waals surface area contributed by atoms with E-state index in [0.717, 1.165) is 12.5 Å². The molecule has 1 fully saturated rings. The molecule has 0 atom stereocenters. The minimum Gasteiger partial charge on any atom is -0.296 e. The van der Waals surface area contributed by atoms with Crippen LogP contribution in [0.15, 0.2) is 0 Å². The maximum atomic E-state index is 10.1. The van der Waals surface area contributed by atoms with Crippen LogP contribution in [0.5, 0.6) is 0 Å². The molecular weight excluding hydrogens is 182 g/mol. The van der Waals surface area contributed by atoms with Gasteiger partial charge >= 0.3 is 0 Å². The quantitative estimate of drug-likeness (QED) is 0.505. The average molecular weight is 193 g/mol. The van der Waals surface area contributed by atoms with Crippen molar-refractivity contribution < 1.29 is 18.0 Å². The van der Waals surface area contributed by atoms with E-state index in [1.54, 1.807) is 0 Å². The van der Waals surface area contributed by atoms with Crippen LogP contribution in [0.25, 0.3) is 0 Å². The van der Waals surface area contributed by atoms with E-state index in [4.69, 9.17) is 0 Å². The van der Waals surface area contributed by atoms with Crippen molar-refractivity contribution in [2.45, 2.75) is 12.8 Å². The summed E-state index contributed by atoms with van der Waals surface area (Å²) in [6.07, 6.45) is 3.07. The van der Waals surface area contributed by atoms with Crippen LogP contribution in [0.4, 0.5) is 0 Å². The molecule has 12 heavy (non-hydrogen) atoms. The predicted octanol–water partition coefficient (Wildman–Crippen LogP) is -0.916. The fraction of sp³-hybridized carbons (Fsp3) is 0.667. The van der Waals surface area contributed by atoms with Crippen molar-refractivity contribution in [2.24, 2.45) is 0 Å². The summed E-state index contributed by atoms with van der Waals surface area (Å²) in [5.74, 6) is -0.296. The summed E-state index contributed by atoms with van der Waals surface area (Å²) in [6, 6.07) is 0. The van der Waals surface area contributed by atoms with Crippen molar-refractivity contribution in [1.82, 2.24) is 5.32 Å². The van der Waals surface area contributed by atoms with Crippen molar-refractivity contribution in [3.05, 3.63) is 0 Å². The van der Waals surface area contributed by atoms with Crippen molar-refractivity contribution in [1.29, 1.82) is 0 Å². The molecule has 0 aromatic rings. The molecule has 1 aliphatic rings. The minimum absolute atomic E-state index is 0.148. The zero-order valence-electron chi connectivity index (χ0n) is 6.96. The number of carbonyl (C=O) groups is 2. The normalized spacial score (nSPS) is 16.5. The molecule has 1 rings (SSSR count). The van der Waals surface area contributed by atoms with Crippen molar-refractivity contribution in [2.75, 3.05) is 12.5 Å². The van der Waals surface area contributed by atoms with Gasteiger partial charge < -0.3 is 0 Å². The lowest BCUT2D eigenvalue weighted by Crippen LogP contribution is -2.18. The first-order chi connectivity index (χ1) is 5.29. The number of imide groups is 1. The molecule has 1 N–H and O–H groups in total. The Morgan fingerprint density at radius 3 is 1.42 bits per heavy atom. The molecular formula is C6H11NO4S. The van der Waals surface area contributed by atoms with Gasteiger partial charge in [0, 0.05) is 25.4 Å². The number of sulfone groups is 1. The van der Waals surface area contributed by atoms with Gasteiger partial charge in [0.2, 0.25) is 11.8 Å². The summed E-state index contributed by atoms with van der Waals surface area (Å²) in [5.41, 5.74) is 0. The third-order valence-electron chi connectivity index (χ3n) is 0.858. The molecule has 1 saturated heterocycles. The van der Waals surface area contributed by atoms with E-state index in [1.165, 1.54) is 0 Å². The molecule has 1 heterocycles. The van der Waals surface area contributed by atoms with Gasteiger partial charge in [-0.05, 0) is 0 Å². The lowest BCUT2D eigenvalue weighted by molar-refractivity contribution is -0.124. The Morgan fingerprint density at radius 2 is 1.33 bits per heavy atom. The third kappa shape index (κ3) is 9.09. The summed E-state index contributed by atoms with van der Waals surface area (Å²) in [7, 11) is -2.67. The second-order valence-corrected chi connectivity index (χ2v) is 4.90. The van der Waals surface area contributed by atoms with Crippen LogP contribution in [-0.2, 0) is 19.4 Å². The Bertz CT molecular complexity index is 258. The van der Waals surface area contributed by atoms with Crippen molar-refractivity contribution >= 4 is 21.7 Å². The molecule has 0 spiro atoms. The number of nitrogens with one attached hydrogen (secondary N) is 1. The Morgan fingerprint density at radius 1 is 1.08 bits per heavy atom. The topological polar surface area (TPSA) is 80.3 Å². The van der Waals surface area contributed by atoms with E-state index in [1.807, 2.05) is 0 Å².